The summed E-state index contributed by atoms with van der Waals surface area (Å²) in [5.41, 5.74) is 11.4. The van der Waals surface area contributed by atoms with E-state index in [4.69, 9.17) is 15.0 Å². The minimum atomic E-state index is 0.697. The topological polar surface area (TPSA) is 43.6 Å². The first-order valence-electron chi connectivity index (χ1n) is 18.1. The molecule has 0 fully saturated rings. The van der Waals surface area contributed by atoms with Crippen LogP contribution in [0, 0.1) is 0 Å². The average Bonchev–Trinajstić information content (AvgIpc) is 3.80. The van der Waals surface area contributed by atoms with Gasteiger partial charge in [0.05, 0.1) is 33.6 Å². The fourth-order valence-electron chi connectivity index (χ4n) is 7.87. The summed E-state index contributed by atoms with van der Waals surface area (Å²) in [6.07, 6.45) is 0. The van der Waals surface area contributed by atoms with Gasteiger partial charge in [0.2, 0.25) is 0 Å². The highest BCUT2D eigenvalue weighted by Gasteiger charge is 2.18. The number of aromatic nitrogens is 4. The van der Waals surface area contributed by atoms with Gasteiger partial charge in [-0.1, -0.05) is 133 Å². The normalized spacial score (nSPS) is 11.7. The van der Waals surface area contributed by atoms with Crippen molar-refractivity contribution in [2.45, 2.75) is 0 Å². The van der Waals surface area contributed by atoms with Crippen LogP contribution in [0.15, 0.2) is 182 Å². The van der Waals surface area contributed by atoms with E-state index in [2.05, 4.69) is 168 Å². The lowest BCUT2D eigenvalue weighted by Gasteiger charge is -2.12. The zero-order valence-electron chi connectivity index (χ0n) is 29.0. The third kappa shape index (κ3) is 4.94. The molecule has 0 radical (unpaired) electrons. The molecule has 0 amide bonds. The second kappa shape index (κ2) is 12.3. The van der Waals surface area contributed by atoms with Gasteiger partial charge in [-0.15, -0.1) is 11.3 Å². The highest BCUT2D eigenvalue weighted by Crippen LogP contribution is 2.44. The summed E-state index contributed by atoms with van der Waals surface area (Å²) >= 11 is 1.83. The second-order valence-electron chi connectivity index (χ2n) is 13.6. The molecule has 252 valence electrons. The van der Waals surface area contributed by atoms with Crippen molar-refractivity contribution in [3.8, 4) is 50.8 Å². The Balaban J connectivity index is 1.09. The summed E-state index contributed by atoms with van der Waals surface area (Å²) in [7, 11) is 0. The Morgan fingerprint density at radius 2 is 0.981 bits per heavy atom. The van der Waals surface area contributed by atoms with E-state index in [1.54, 1.807) is 0 Å². The van der Waals surface area contributed by atoms with Crippen LogP contribution in [0.1, 0.15) is 0 Å². The highest BCUT2D eigenvalue weighted by atomic mass is 32.1. The van der Waals surface area contributed by atoms with Gasteiger partial charge in [0.25, 0.3) is 0 Å². The Labute approximate surface area is 315 Å². The van der Waals surface area contributed by atoms with Gasteiger partial charge in [-0.25, -0.2) is 15.0 Å². The molecule has 0 unspecified atom stereocenters. The summed E-state index contributed by atoms with van der Waals surface area (Å²) in [6.45, 7) is 0. The smallest absolute Gasteiger partial charge is 0.160 e. The first kappa shape index (κ1) is 30.7. The quantitative estimate of drug-likeness (QED) is 0.179. The fraction of sp³-hybridized carbons (Fsp3) is 0. The second-order valence-corrected chi connectivity index (χ2v) is 14.7. The van der Waals surface area contributed by atoms with Crippen LogP contribution in [0.4, 0.5) is 0 Å². The molecule has 5 heteroatoms. The van der Waals surface area contributed by atoms with Crippen molar-refractivity contribution < 1.29 is 0 Å². The lowest BCUT2D eigenvalue weighted by atomic mass is 10.0. The first-order chi connectivity index (χ1) is 26.8. The predicted octanol–water partition coefficient (Wildman–Crippen LogP) is 13.2. The van der Waals surface area contributed by atoms with Gasteiger partial charge in [-0.05, 0) is 48.5 Å². The van der Waals surface area contributed by atoms with Gasteiger partial charge in [0.1, 0.15) is 0 Å². The van der Waals surface area contributed by atoms with Gasteiger partial charge < -0.3 is 4.57 Å². The van der Waals surface area contributed by atoms with E-state index in [9.17, 15) is 0 Å². The largest absolute Gasteiger partial charge is 0.309 e. The molecule has 11 rings (SSSR count). The summed E-state index contributed by atoms with van der Waals surface area (Å²) in [4.78, 5) is 15.6. The molecule has 54 heavy (non-hydrogen) atoms. The molecule has 0 spiro atoms. The Morgan fingerprint density at radius 3 is 1.69 bits per heavy atom. The van der Waals surface area contributed by atoms with Crippen LogP contribution < -0.4 is 0 Å². The Kier molecular flexibility index (Phi) is 7.00. The van der Waals surface area contributed by atoms with Gasteiger partial charge >= 0.3 is 0 Å². The molecule has 0 aliphatic carbocycles. The van der Waals surface area contributed by atoms with Crippen molar-refractivity contribution in [3.05, 3.63) is 182 Å². The van der Waals surface area contributed by atoms with E-state index in [1.165, 1.54) is 47.4 Å². The maximum Gasteiger partial charge on any atom is 0.160 e. The Bertz CT molecular complexity index is 3150. The van der Waals surface area contributed by atoms with Crippen molar-refractivity contribution in [2.75, 3.05) is 0 Å². The van der Waals surface area contributed by atoms with E-state index in [0.29, 0.717) is 5.82 Å². The molecule has 11 aromatic rings. The average molecular weight is 707 g/mol. The monoisotopic (exact) mass is 706 g/mol. The lowest BCUT2D eigenvalue weighted by molar-refractivity contribution is 1.17. The first-order valence-corrected chi connectivity index (χ1v) is 18.9. The number of hydrogen-bond acceptors (Lipinski definition) is 4. The van der Waals surface area contributed by atoms with Crippen LogP contribution in [-0.4, -0.2) is 19.5 Å². The third-order valence-corrected chi connectivity index (χ3v) is 11.6. The number of benzene rings is 7. The summed E-state index contributed by atoms with van der Waals surface area (Å²) in [5.74, 6) is 0.697. The van der Waals surface area contributed by atoms with E-state index >= 15 is 0 Å². The molecule has 4 nitrogen and oxygen atoms in total. The van der Waals surface area contributed by atoms with Crippen LogP contribution in [0.3, 0.4) is 0 Å². The molecule has 0 N–H and O–H groups in total. The standard InChI is InChI=1S/C49H30N4S/c1-3-13-32(14-4-1)47-46-39-29-34(25-28-45(39)54-48(46)38-19-7-10-20-40(38)50-47)42-30-41(51-49(52-42)33-15-5-2-6-16-33)31-23-26-35(27-24-31)53-43-21-11-8-17-36(43)37-18-9-12-22-44(37)53/h1-30H. The lowest BCUT2D eigenvalue weighted by Crippen LogP contribution is -1.97. The molecule has 0 atom stereocenters. The summed E-state index contributed by atoms with van der Waals surface area (Å²) < 4.78 is 4.82. The molecule has 4 aromatic heterocycles. The highest BCUT2D eigenvalue weighted by molar-refractivity contribution is 7.26. The van der Waals surface area contributed by atoms with Gasteiger partial charge in [-0.2, -0.15) is 0 Å². The number of para-hydroxylation sites is 3. The van der Waals surface area contributed by atoms with E-state index < -0.39 is 0 Å². The minimum absolute atomic E-state index is 0.697. The number of pyridine rings is 1. The number of nitrogens with zero attached hydrogens (tertiary/aromatic N) is 4. The molecule has 7 aromatic carbocycles. The zero-order chi connectivity index (χ0) is 35.6. The maximum absolute atomic E-state index is 5.24. The van der Waals surface area contributed by atoms with E-state index in [1.807, 2.05) is 29.5 Å². The van der Waals surface area contributed by atoms with Crippen molar-refractivity contribution in [1.82, 2.24) is 19.5 Å². The van der Waals surface area contributed by atoms with Gasteiger partial charge in [-0.3, -0.25) is 0 Å². The number of rotatable bonds is 5. The van der Waals surface area contributed by atoms with Crippen molar-refractivity contribution >= 4 is 64.2 Å². The Morgan fingerprint density at radius 1 is 0.407 bits per heavy atom. The number of fused-ring (bicyclic) bond motifs is 8. The number of thiophene rings is 1. The molecule has 0 saturated carbocycles. The molecule has 0 saturated heterocycles. The SMILES string of the molecule is c1ccc(-c2nc(-c3ccc(-n4c5ccccc5c5ccccc54)cc3)cc(-c3ccc4sc5c6ccccc6nc(-c6ccccc6)c5c4c3)n2)cc1. The predicted molar refractivity (Wildman–Crippen MR) is 226 cm³/mol. The van der Waals surface area contributed by atoms with Gasteiger partial charge in [0, 0.05) is 64.3 Å². The van der Waals surface area contributed by atoms with Crippen LogP contribution in [0.25, 0.3) is 104 Å². The molecular formula is C49H30N4S. The summed E-state index contributed by atoms with van der Waals surface area (Å²) in [6, 6.07) is 64.1. The van der Waals surface area contributed by atoms with E-state index in [-0.39, 0.29) is 0 Å². The van der Waals surface area contributed by atoms with Gasteiger partial charge in [0.15, 0.2) is 5.82 Å². The fourth-order valence-corrected chi connectivity index (χ4v) is 9.09. The minimum Gasteiger partial charge on any atom is -0.309 e. The van der Waals surface area contributed by atoms with Crippen LogP contribution >= 0.6 is 11.3 Å². The molecular weight excluding hydrogens is 677 g/mol. The molecule has 0 aliphatic rings. The van der Waals surface area contributed by atoms with Crippen LogP contribution in [-0.2, 0) is 0 Å². The van der Waals surface area contributed by atoms with E-state index in [0.717, 1.165) is 50.5 Å². The third-order valence-electron chi connectivity index (χ3n) is 10.4. The molecule has 0 aliphatic heterocycles. The maximum atomic E-state index is 5.24. The van der Waals surface area contributed by atoms with Crippen molar-refractivity contribution in [1.29, 1.82) is 0 Å². The van der Waals surface area contributed by atoms with Crippen molar-refractivity contribution in [3.63, 3.8) is 0 Å². The zero-order valence-corrected chi connectivity index (χ0v) is 29.8. The molecule has 0 bridgehead atoms. The summed E-state index contributed by atoms with van der Waals surface area (Å²) in [5, 5.41) is 6.04. The number of hydrogen-bond donors (Lipinski definition) is 0. The van der Waals surface area contributed by atoms with Crippen LogP contribution in [0.2, 0.25) is 0 Å². The van der Waals surface area contributed by atoms with Crippen molar-refractivity contribution in [2.24, 2.45) is 0 Å². The van der Waals surface area contributed by atoms with Crippen LogP contribution in [0.5, 0.6) is 0 Å². The molecule has 4 heterocycles. The Hall–Kier alpha value is -6.95.